The average molecular weight is 480 g/mol. The van der Waals surface area contributed by atoms with E-state index in [0.29, 0.717) is 6.61 Å². The van der Waals surface area contributed by atoms with Gasteiger partial charge in [0.15, 0.2) is 5.82 Å². The Kier molecular flexibility index (Phi) is 9.82. The van der Waals surface area contributed by atoms with Crippen LogP contribution in [0.15, 0.2) is 92.0 Å². The first-order chi connectivity index (χ1) is 17.5. The summed E-state index contributed by atoms with van der Waals surface area (Å²) < 4.78 is 5.70. The second kappa shape index (κ2) is 13.2. The van der Waals surface area contributed by atoms with Crippen molar-refractivity contribution < 1.29 is 4.74 Å². The van der Waals surface area contributed by atoms with Gasteiger partial charge in [0, 0.05) is 29.4 Å². The zero-order valence-electron chi connectivity index (χ0n) is 22.0. The molecule has 0 radical (unpaired) electrons. The van der Waals surface area contributed by atoms with E-state index in [1.165, 1.54) is 22.3 Å². The molecule has 0 atom stereocenters. The molecule has 0 aliphatic rings. The third kappa shape index (κ3) is 6.39. The lowest BCUT2D eigenvalue weighted by atomic mass is 9.96. The monoisotopic (exact) mass is 479 g/mol. The fourth-order valence-corrected chi connectivity index (χ4v) is 4.35. The van der Waals surface area contributed by atoms with Crippen LogP contribution in [0.1, 0.15) is 37.0 Å². The number of rotatable bonds is 9. The molecule has 1 aromatic heterocycles. The van der Waals surface area contributed by atoms with Crippen molar-refractivity contribution in [1.82, 2.24) is 10.2 Å². The second-order valence-corrected chi connectivity index (χ2v) is 8.66. The molecule has 1 heterocycles. The van der Waals surface area contributed by atoms with Crippen molar-refractivity contribution in [2.24, 2.45) is 0 Å². The molecule has 0 fully saturated rings. The molecule has 0 saturated carbocycles. The molecule has 0 bridgehead atoms. The Hall–Kier alpha value is -3.92. The van der Waals surface area contributed by atoms with Crippen LogP contribution in [0.25, 0.3) is 22.0 Å². The SMILES string of the molecule is C=CC=C.CCCN(Cc1cccc(OCC)c1)c1nnc(-c2c(C)cccc2C)c2ccccc12. The van der Waals surface area contributed by atoms with Crippen LogP contribution >= 0.6 is 0 Å². The number of fused-ring (bicyclic) bond motifs is 1. The molecular weight excluding hydrogens is 442 g/mol. The summed E-state index contributed by atoms with van der Waals surface area (Å²) in [6.45, 7) is 17.5. The fourth-order valence-electron chi connectivity index (χ4n) is 4.35. The van der Waals surface area contributed by atoms with E-state index in [1.54, 1.807) is 12.2 Å². The van der Waals surface area contributed by atoms with Gasteiger partial charge in [-0.3, -0.25) is 0 Å². The number of aromatic nitrogens is 2. The van der Waals surface area contributed by atoms with Crippen molar-refractivity contribution in [1.29, 1.82) is 0 Å². The Bertz CT molecular complexity index is 1290. The Balaban J connectivity index is 0.000000840. The first kappa shape index (κ1) is 26.7. The lowest BCUT2D eigenvalue weighted by molar-refractivity contribution is 0.340. The van der Waals surface area contributed by atoms with E-state index in [4.69, 9.17) is 14.9 Å². The molecule has 0 amide bonds. The highest BCUT2D eigenvalue weighted by atomic mass is 16.5. The predicted molar refractivity (Wildman–Crippen MR) is 154 cm³/mol. The van der Waals surface area contributed by atoms with Crippen molar-refractivity contribution in [3.05, 3.63) is 109 Å². The summed E-state index contributed by atoms with van der Waals surface area (Å²) in [5, 5.41) is 11.8. The van der Waals surface area contributed by atoms with Gasteiger partial charge in [-0.15, -0.1) is 10.2 Å². The fraction of sp³-hybridized carbons (Fsp3) is 0.250. The molecule has 0 unspecified atom stereocenters. The van der Waals surface area contributed by atoms with Gasteiger partial charge in [-0.1, -0.05) is 86.8 Å². The van der Waals surface area contributed by atoms with Crippen molar-refractivity contribution >= 4 is 16.6 Å². The Labute approximate surface area is 216 Å². The van der Waals surface area contributed by atoms with Crippen LogP contribution in [-0.4, -0.2) is 23.3 Å². The first-order valence-electron chi connectivity index (χ1n) is 12.6. The molecule has 4 nitrogen and oxygen atoms in total. The highest BCUT2D eigenvalue weighted by molar-refractivity contribution is 6.01. The van der Waals surface area contributed by atoms with Crippen LogP contribution < -0.4 is 9.64 Å². The third-order valence-corrected chi connectivity index (χ3v) is 5.93. The summed E-state index contributed by atoms with van der Waals surface area (Å²) >= 11 is 0. The summed E-state index contributed by atoms with van der Waals surface area (Å²) in [5.41, 5.74) is 5.77. The summed E-state index contributed by atoms with van der Waals surface area (Å²) in [7, 11) is 0. The zero-order chi connectivity index (χ0) is 25.9. The highest BCUT2D eigenvalue weighted by Crippen LogP contribution is 2.35. The maximum Gasteiger partial charge on any atom is 0.159 e. The summed E-state index contributed by atoms with van der Waals surface area (Å²) in [6.07, 6.45) is 4.31. The van der Waals surface area contributed by atoms with Crippen molar-refractivity contribution in [2.45, 2.75) is 40.7 Å². The lowest BCUT2D eigenvalue weighted by Crippen LogP contribution is -2.25. The van der Waals surface area contributed by atoms with Crippen molar-refractivity contribution in [3.63, 3.8) is 0 Å². The largest absolute Gasteiger partial charge is 0.494 e. The van der Waals surface area contributed by atoms with Gasteiger partial charge in [0.1, 0.15) is 11.4 Å². The minimum Gasteiger partial charge on any atom is -0.494 e. The number of aryl methyl sites for hydroxylation is 2. The van der Waals surface area contributed by atoms with Crippen LogP contribution in [0.3, 0.4) is 0 Å². The number of allylic oxidation sites excluding steroid dienone is 2. The van der Waals surface area contributed by atoms with Gasteiger partial charge in [0.05, 0.1) is 6.61 Å². The maximum atomic E-state index is 5.70. The average Bonchev–Trinajstić information content (AvgIpc) is 2.89. The third-order valence-electron chi connectivity index (χ3n) is 5.93. The van der Waals surface area contributed by atoms with Gasteiger partial charge in [-0.05, 0) is 56.0 Å². The van der Waals surface area contributed by atoms with Crippen LogP contribution in [0.2, 0.25) is 0 Å². The maximum absolute atomic E-state index is 5.70. The Morgan fingerprint density at radius 1 is 0.833 bits per heavy atom. The Morgan fingerprint density at radius 3 is 2.14 bits per heavy atom. The van der Waals surface area contributed by atoms with Crippen LogP contribution in [0, 0.1) is 13.8 Å². The minimum atomic E-state index is 0.665. The second-order valence-electron chi connectivity index (χ2n) is 8.66. The number of anilines is 1. The van der Waals surface area contributed by atoms with Crippen molar-refractivity contribution in [2.75, 3.05) is 18.1 Å². The van der Waals surface area contributed by atoms with Gasteiger partial charge in [0.25, 0.3) is 0 Å². The normalized spacial score (nSPS) is 10.3. The summed E-state index contributed by atoms with van der Waals surface area (Å²) in [4.78, 5) is 2.33. The summed E-state index contributed by atoms with van der Waals surface area (Å²) in [6, 6.07) is 23.2. The molecule has 186 valence electrons. The molecule has 0 N–H and O–H groups in total. The molecular formula is C32H37N3O. The quantitative estimate of drug-likeness (QED) is 0.227. The lowest BCUT2D eigenvalue weighted by Gasteiger charge is -2.25. The molecule has 0 aliphatic carbocycles. The number of hydrogen-bond donors (Lipinski definition) is 0. The molecule has 4 heteroatoms. The van der Waals surface area contributed by atoms with E-state index < -0.39 is 0 Å². The number of ether oxygens (including phenoxy) is 1. The molecule has 4 aromatic rings. The van der Waals surface area contributed by atoms with Gasteiger partial charge < -0.3 is 9.64 Å². The molecule has 0 saturated heterocycles. The molecule has 4 rings (SSSR count). The molecule has 0 spiro atoms. The molecule has 0 aliphatic heterocycles. The van der Waals surface area contributed by atoms with E-state index in [0.717, 1.165) is 47.5 Å². The zero-order valence-corrected chi connectivity index (χ0v) is 22.0. The van der Waals surface area contributed by atoms with E-state index >= 15 is 0 Å². The van der Waals surface area contributed by atoms with E-state index in [9.17, 15) is 0 Å². The molecule has 3 aromatic carbocycles. The van der Waals surface area contributed by atoms with Crippen LogP contribution in [0.4, 0.5) is 5.82 Å². The highest BCUT2D eigenvalue weighted by Gasteiger charge is 2.18. The standard InChI is InChI=1S/C28H31N3O.C4H6/c1-5-17-31(19-22-13-10-14-23(18-22)32-6-2)28-25-16-8-7-15-24(25)27(29-30-28)26-20(3)11-9-12-21(26)4;1-3-4-2/h7-16,18H,5-6,17,19H2,1-4H3;3-4H,1-2H2. The minimum absolute atomic E-state index is 0.665. The van der Waals surface area contributed by atoms with E-state index in [-0.39, 0.29) is 0 Å². The first-order valence-corrected chi connectivity index (χ1v) is 12.6. The number of hydrogen-bond acceptors (Lipinski definition) is 4. The van der Waals surface area contributed by atoms with Gasteiger partial charge in [-0.2, -0.15) is 0 Å². The van der Waals surface area contributed by atoms with Gasteiger partial charge >= 0.3 is 0 Å². The Morgan fingerprint density at radius 2 is 1.50 bits per heavy atom. The number of nitrogens with zero attached hydrogens (tertiary/aromatic N) is 3. The van der Waals surface area contributed by atoms with Crippen LogP contribution in [-0.2, 0) is 6.54 Å². The smallest absolute Gasteiger partial charge is 0.159 e. The van der Waals surface area contributed by atoms with Crippen LogP contribution in [0.5, 0.6) is 5.75 Å². The summed E-state index contributed by atoms with van der Waals surface area (Å²) in [5.74, 6) is 1.84. The predicted octanol–water partition coefficient (Wildman–Crippen LogP) is 8.09. The van der Waals surface area contributed by atoms with Gasteiger partial charge in [-0.25, -0.2) is 0 Å². The van der Waals surface area contributed by atoms with Gasteiger partial charge in [0.2, 0.25) is 0 Å². The van der Waals surface area contributed by atoms with E-state index in [2.05, 4.69) is 99.5 Å². The topological polar surface area (TPSA) is 38.2 Å². The molecule has 36 heavy (non-hydrogen) atoms. The van der Waals surface area contributed by atoms with Crippen molar-refractivity contribution in [3.8, 4) is 17.0 Å². The van der Waals surface area contributed by atoms with E-state index in [1.807, 2.05) is 13.0 Å². The number of benzene rings is 3.